The number of aromatic nitrogens is 1. The van der Waals surface area contributed by atoms with Crippen molar-refractivity contribution in [3.63, 3.8) is 0 Å². The Kier molecular flexibility index (Phi) is 3.43. The summed E-state index contributed by atoms with van der Waals surface area (Å²) in [7, 11) is 1.57. The van der Waals surface area contributed by atoms with Crippen LogP contribution in [-0.4, -0.2) is 17.0 Å². The van der Waals surface area contributed by atoms with E-state index in [-0.39, 0.29) is 5.15 Å². The van der Waals surface area contributed by atoms with Gasteiger partial charge in [-0.3, -0.25) is 10.1 Å². The van der Waals surface area contributed by atoms with E-state index in [4.69, 9.17) is 16.3 Å². The molecular formula is C12H9ClN2O3. The summed E-state index contributed by atoms with van der Waals surface area (Å²) in [6.45, 7) is 0. The molecule has 0 saturated heterocycles. The van der Waals surface area contributed by atoms with Crippen molar-refractivity contribution in [2.45, 2.75) is 0 Å². The van der Waals surface area contributed by atoms with E-state index in [1.165, 1.54) is 6.08 Å². The van der Waals surface area contributed by atoms with E-state index in [1.807, 2.05) is 0 Å². The molecule has 18 heavy (non-hydrogen) atoms. The summed E-state index contributed by atoms with van der Waals surface area (Å²) in [5.74, 6) is 0.691. The maximum Gasteiger partial charge on any atom is 0.235 e. The van der Waals surface area contributed by atoms with Crippen LogP contribution < -0.4 is 4.74 Å². The normalized spacial score (nSPS) is 11.0. The molecule has 0 spiro atoms. The fourth-order valence-electron chi connectivity index (χ4n) is 1.53. The van der Waals surface area contributed by atoms with Gasteiger partial charge in [0.2, 0.25) is 6.20 Å². The molecule has 0 bridgehead atoms. The number of nitrogens with zero attached hydrogens (tertiary/aromatic N) is 2. The Morgan fingerprint density at radius 1 is 1.44 bits per heavy atom. The lowest BCUT2D eigenvalue weighted by Gasteiger charge is -2.04. The first-order valence-corrected chi connectivity index (χ1v) is 5.44. The molecule has 1 aromatic carbocycles. The van der Waals surface area contributed by atoms with E-state index in [0.717, 1.165) is 11.6 Å². The van der Waals surface area contributed by atoms with Gasteiger partial charge in [-0.2, -0.15) is 0 Å². The molecule has 2 aromatic rings. The maximum absolute atomic E-state index is 10.3. The van der Waals surface area contributed by atoms with E-state index < -0.39 is 4.92 Å². The molecule has 6 heteroatoms. The molecule has 0 fully saturated rings. The summed E-state index contributed by atoms with van der Waals surface area (Å²) in [5, 5.41) is 11.3. The van der Waals surface area contributed by atoms with Gasteiger partial charge in [0.15, 0.2) is 0 Å². The van der Waals surface area contributed by atoms with Gasteiger partial charge < -0.3 is 4.74 Å². The summed E-state index contributed by atoms with van der Waals surface area (Å²) < 4.78 is 5.10. The molecule has 92 valence electrons. The zero-order valence-corrected chi connectivity index (χ0v) is 10.2. The topological polar surface area (TPSA) is 65.3 Å². The molecule has 0 aliphatic rings. The van der Waals surface area contributed by atoms with Crippen molar-refractivity contribution in [1.82, 2.24) is 4.98 Å². The minimum Gasteiger partial charge on any atom is -0.497 e. The lowest BCUT2D eigenvalue weighted by molar-refractivity contribution is -0.400. The van der Waals surface area contributed by atoms with Gasteiger partial charge in [-0.05, 0) is 24.3 Å². The van der Waals surface area contributed by atoms with Crippen molar-refractivity contribution in [2.24, 2.45) is 0 Å². The number of pyridine rings is 1. The first-order chi connectivity index (χ1) is 8.60. The highest BCUT2D eigenvalue weighted by Gasteiger charge is 2.04. The smallest absolute Gasteiger partial charge is 0.235 e. The van der Waals surface area contributed by atoms with E-state index in [1.54, 1.807) is 31.4 Å². The van der Waals surface area contributed by atoms with E-state index in [0.29, 0.717) is 16.8 Å². The lowest BCUT2D eigenvalue weighted by atomic mass is 10.1. The molecule has 0 amide bonds. The molecule has 0 radical (unpaired) electrons. The Balaban J connectivity index is 2.54. The summed E-state index contributed by atoms with van der Waals surface area (Å²) in [6, 6.07) is 7.08. The Morgan fingerprint density at radius 2 is 2.22 bits per heavy atom. The van der Waals surface area contributed by atoms with Crippen LogP contribution in [0.5, 0.6) is 5.75 Å². The Hall–Kier alpha value is -2.14. The Labute approximate surface area is 108 Å². The van der Waals surface area contributed by atoms with Crippen LogP contribution in [0.25, 0.3) is 17.0 Å². The Morgan fingerprint density at radius 3 is 2.89 bits per heavy atom. The number of benzene rings is 1. The standard InChI is InChI=1S/C12H9ClN2O3/c1-18-10-2-3-11-9(7-10)6-8(12(13)14-11)4-5-15(16)17/h2-7H,1H3. The highest BCUT2D eigenvalue weighted by atomic mass is 35.5. The van der Waals surface area contributed by atoms with Gasteiger partial charge in [-0.15, -0.1) is 0 Å². The second-order valence-corrected chi connectivity index (χ2v) is 3.89. The maximum atomic E-state index is 10.3. The lowest BCUT2D eigenvalue weighted by Crippen LogP contribution is -1.88. The second-order valence-electron chi connectivity index (χ2n) is 3.53. The minimum atomic E-state index is -0.550. The SMILES string of the molecule is COc1ccc2nc(Cl)c(C=C[N+](=O)[O-])cc2c1. The molecule has 1 heterocycles. The monoisotopic (exact) mass is 264 g/mol. The molecule has 0 aliphatic heterocycles. The van der Waals surface area contributed by atoms with E-state index in [9.17, 15) is 10.1 Å². The predicted molar refractivity (Wildman–Crippen MR) is 69.3 cm³/mol. The highest BCUT2D eigenvalue weighted by Crippen LogP contribution is 2.25. The van der Waals surface area contributed by atoms with Crippen molar-refractivity contribution < 1.29 is 9.66 Å². The molecule has 0 saturated carbocycles. The van der Waals surface area contributed by atoms with Crippen molar-refractivity contribution in [3.05, 3.63) is 51.3 Å². The summed E-state index contributed by atoms with van der Waals surface area (Å²) in [6.07, 6.45) is 2.14. The van der Waals surface area contributed by atoms with Crippen molar-refractivity contribution in [3.8, 4) is 5.75 Å². The largest absolute Gasteiger partial charge is 0.497 e. The number of halogens is 1. The number of hydrogen-bond acceptors (Lipinski definition) is 4. The van der Waals surface area contributed by atoms with Crippen LogP contribution in [0, 0.1) is 10.1 Å². The Bertz CT molecular complexity index is 641. The zero-order valence-electron chi connectivity index (χ0n) is 9.46. The van der Waals surface area contributed by atoms with Crippen LogP contribution in [0.3, 0.4) is 0 Å². The quantitative estimate of drug-likeness (QED) is 0.485. The fraction of sp³-hybridized carbons (Fsp3) is 0.0833. The van der Waals surface area contributed by atoms with Crippen LogP contribution >= 0.6 is 11.6 Å². The first-order valence-electron chi connectivity index (χ1n) is 5.06. The van der Waals surface area contributed by atoms with Gasteiger partial charge in [0.05, 0.1) is 17.5 Å². The van der Waals surface area contributed by atoms with Gasteiger partial charge in [0, 0.05) is 17.0 Å². The predicted octanol–water partition coefficient (Wildman–Crippen LogP) is 3.14. The third-order valence-corrected chi connectivity index (χ3v) is 2.68. The molecule has 0 aliphatic carbocycles. The minimum absolute atomic E-state index is 0.228. The van der Waals surface area contributed by atoms with Crippen molar-refractivity contribution in [1.29, 1.82) is 0 Å². The van der Waals surface area contributed by atoms with Crippen LogP contribution in [0.2, 0.25) is 5.15 Å². The third-order valence-electron chi connectivity index (χ3n) is 2.38. The fourth-order valence-corrected chi connectivity index (χ4v) is 1.74. The average molecular weight is 265 g/mol. The van der Waals surface area contributed by atoms with Crippen LogP contribution in [-0.2, 0) is 0 Å². The summed E-state index contributed by atoms with van der Waals surface area (Å²) >= 11 is 5.94. The molecule has 0 unspecified atom stereocenters. The van der Waals surface area contributed by atoms with Crippen LogP contribution in [0.1, 0.15) is 5.56 Å². The van der Waals surface area contributed by atoms with Gasteiger partial charge in [0.25, 0.3) is 0 Å². The van der Waals surface area contributed by atoms with Crippen molar-refractivity contribution in [2.75, 3.05) is 7.11 Å². The molecule has 5 nitrogen and oxygen atoms in total. The van der Waals surface area contributed by atoms with E-state index in [2.05, 4.69) is 4.98 Å². The molecule has 1 aromatic heterocycles. The summed E-state index contributed by atoms with van der Waals surface area (Å²) in [4.78, 5) is 13.9. The number of rotatable bonds is 3. The first kappa shape index (κ1) is 12.3. The second kappa shape index (κ2) is 5.01. The number of fused-ring (bicyclic) bond motifs is 1. The molecule has 2 rings (SSSR count). The number of ether oxygens (including phenoxy) is 1. The molecule has 0 atom stereocenters. The summed E-state index contributed by atoms with van der Waals surface area (Å²) in [5.41, 5.74) is 1.20. The van der Waals surface area contributed by atoms with Crippen LogP contribution in [0.15, 0.2) is 30.5 Å². The highest BCUT2D eigenvalue weighted by molar-refractivity contribution is 6.31. The van der Waals surface area contributed by atoms with Crippen molar-refractivity contribution >= 4 is 28.6 Å². The van der Waals surface area contributed by atoms with E-state index >= 15 is 0 Å². The average Bonchev–Trinajstić information content (AvgIpc) is 2.35. The van der Waals surface area contributed by atoms with Crippen LogP contribution in [0.4, 0.5) is 0 Å². The van der Waals surface area contributed by atoms with Gasteiger partial charge in [0.1, 0.15) is 10.9 Å². The van der Waals surface area contributed by atoms with Gasteiger partial charge in [-0.25, -0.2) is 4.98 Å². The van der Waals surface area contributed by atoms with Gasteiger partial charge in [-0.1, -0.05) is 11.6 Å². The number of methoxy groups -OCH3 is 1. The third kappa shape index (κ3) is 2.57. The van der Waals surface area contributed by atoms with Gasteiger partial charge >= 0.3 is 0 Å². The number of nitro groups is 1. The molecule has 0 N–H and O–H groups in total. The zero-order chi connectivity index (χ0) is 13.1. The molecular weight excluding hydrogens is 256 g/mol. The number of hydrogen-bond donors (Lipinski definition) is 0.